The van der Waals surface area contributed by atoms with Crippen LogP contribution in [0, 0.1) is 0 Å². The van der Waals surface area contributed by atoms with Gasteiger partial charge in [0.25, 0.3) is 0 Å². The second-order valence-electron chi connectivity index (χ2n) is 8.15. The Morgan fingerprint density at radius 2 is 1.97 bits per heavy atom. The van der Waals surface area contributed by atoms with Gasteiger partial charge in [0.2, 0.25) is 5.95 Å². The summed E-state index contributed by atoms with van der Waals surface area (Å²) in [6.07, 6.45) is -0.513. The number of alkyl halides is 3. The third-order valence-corrected chi connectivity index (χ3v) is 5.97. The van der Waals surface area contributed by atoms with E-state index in [0.717, 1.165) is 50.9 Å². The lowest BCUT2D eigenvalue weighted by Gasteiger charge is -2.38. The molecule has 0 saturated carbocycles. The van der Waals surface area contributed by atoms with Crippen LogP contribution >= 0.6 is 0 Å². The van der Waals surface area contributed by atoms with Gasteiger partial charge in [0.15, 0.2) is 0 Å². The molecule has 1 unspecified atom stereocenters. The number of likely N-dealkylation sites (N-methyl/N-ethyl adjacent to an activating group) is 1. The average molecular weight is 435 g/mol. The molecule has 2 fully saturated rings. The van der Waals surface area contributed by atoms with Gasteiger partial charge in [0.1, 0.15) is 5.82 Å². The molecule has 4 rings (SSSR count). The lowest BCUT2D eigenvalue weighted by atomic mass is 10.0. The van der Waals surface area contributed by atoms with E-state index in [-0.39, 0.29) is 6.04 Å². The highest BCUT2D eigenvalue weighted by Gasteiger charge is 2.31. The summed E-state index contributed by atoms with van der Waals surface area (Å²) in [6.45, 7) is 5.08. The molecule has 0 amide bonds. The summed E-state index contributed by atoms with van der Waals surface area (Å²) < 4.78 is 44.5. The molecular weight excluding hydrogens is 407 g/mol. The van der Waals surface area contributed by atoms with Crippen molar-refractivity contribution in [3.8, 4) is 0 Å². The second kappa shape index (κ2) is 9.40. The first-order chi connectivity index (χ1) is 14.9. The van der Waals surface area contributed by atoms with Crippen LogP contribution < -0.4 is 9.80 Å². The van der Waals surface area contributed by atoms with Gasteiger partial charge in [0.05, 0.1) is 18.8 Å². The monoisotopic (exact) mass is 435 g/mol. The van der Waals surface area contributed by atoms with E-state index in [9.17, 15) is 13.2 Å². The van der Waals surface area contributed by atoms with Gasteiger partial charge in [-0.2, -0.15) is 18.2 Å². The summed E-state index contributed by atoms with van der Waals surface area (Å²) in [5, 5.41) is 0. The van der Waals surface area contributed by atoms with Gasteiger partial charge in [0, 0.05) is 45.5 Å². The molecule has 0 bridgehead atoms. The molecule has 9 heteroatoms. The van der Waals surface area contributed by atoms with Crippen molar-refractivity contribution in [1.82, 2.24) is 14.9 Å². The minimum Gasteiger partial charge on any atom is -0.378 e. The summed E-state index contributed by atoms with van der Waals surface area (Å²) in [5.74, 6) is 1.58. The fourth-order valence-electron chi connectivity index (χ4n) is 4.23. The van der Waals surface area contributed by atoms with Gasteiger partial charge < -0.3 is 14.5 Å². The van der Waals surface area contributed by atoms with E-state index in [1.807, 2.05) is 13.1 Å². The van der Waals surface area contributed by atoms with Crippen LogP contribution in [0.4, 0.5) is 24.9 Å². The van der Waals surface area contributed by atoms with Crippen LogP contribution in [0.2, 0.25) is 0 Å². The lowest BCUT2D eigenvalue weighted by Crippen LogP contribution is -2.46. The van der Waals surface area contributed by atoms with Gasteiger partial charge in [-0.15, -0.1) is 0 Å². The number of anilines is 2. The van der Waals surface area contributed by atoms with Gasteiger partial charge in [-0.05, 0) is 37.1 Å². The van der Waals surface area contributed by atoms with E-state index in [1.165, 1.54) is 12.1 Å². The fraction of sp³-hybridized carbons (Fsp3) is 0.545. The number of hydrogen-bond donors (Lipinski definition) is 0. The van der Waals surface area contributed by atoms with E-state index in [2.05, 4.69) is 19.7 Å². The Morgan fingerprint density at radius 3 is 2.74 bits per heavy atom. The van der Waals surface area contributed by atoms with Crippen LogP contribution in [0.1, 0.15) is 24.0 Å². The number of nitrogens with zero attached hydrogens (tertiary/aromatic N) is 5. The molecule has 1 aromatic carbocycles. The molecule has 1 aromatic heterocycles. The zero-order valence-electron chi connectivity index (χ0n) is 17.7. The van der Waals surface area contributed by atoms with E-state index in [1.54, 1.807) is 12.3 Å². The Hall–Kier alpha value is -2.39. The predicted molar refractivity (Wildman–Crippen MR) is 113 cm³/mol. The molecule has 2 saturated heterocycles. The predicted octanol–water partition coefficient (Wildman–Crippen LogP) is 3.43. The summed E-state index contributed by atoms with van der Waals surface area (Å²) in [4.78, 5) is 15.7. The fourth-order valence-corrected chi connectivity index (χ4v) is 4.23. The van der Waals surface area contributed by atoms with Crippen molar-refractivity contribution < 1.29 is 17.9 Å². The maximum atomic E-state index is 13.0. The minimum atomic E-state index is -4.31. The van der Waals surface area contributed by atoms with Crippen LogP contribution in [-0.2, 0) is 17.5 Å². The van der Waals surface area contributed by atoms with Crippen molar-refractivity contribution >= 4 is 11.8 Å². The molecule has 2 aliphatic rings. The van der Waals surface area contributed by atoms with Crippen LogP contribution in [0.5, 0.6) is 0 Å². The van der Waals surface area contributed by atoms with Crippen molar-refractivity contribution in [2.24, 2.45) is 0 Å². The number of rotatable bonds is 5. The third-order valence-electron chi connectivity index (χ3n) is 5.97. The molecular formula is C22H28F3N5O. The number of ether oxygens (including phenoxy) is 1. The Morgan fingerprint density at radius 1 is 1.16 bits per heavy atom. The maximum Gasteiger partial charge on any atom is 0.416 e. The van der Waals surface area contributed by atoms with E-state index >= 15 is 0 Å². The zero-order chi connectivity index (χ0) is 21.8. The number of piperidine rings is 1. The Balaban J connectivity index is 1.41. The highest BCUT2D eigenvalue weighted by molar-refractivity contribution is 5.44. The molecule has 0 aliphatic carbocycles. The van der Waals surface area contributed by atoms with Crippen molar-refractivity contribution in [2.45, 2.75) is 31.6 Å². The van der Waals surface area contributed by atoms with Crippen LogP contribution in [0.3, 0.4) is 0 Å². The summed E-state index contributed by atoms with van der Waals surface area (Å²) in [7, 11) is 2.03. The molecule has 3 heterocycles. The molecule has 168 valence electrons. The van der Waals surface area contributed by atoms with Crippen molar-refractivity contribution in [3.63, 3.8) is 0 Å². The van der Waals surface area contributed by atoms with E-state index in [4.69, 9.17) is 9.72 Å². The first-order valence-corrected chi connectivity index (χ1v) is 10.7. The molecule has 0 radical (unpaired) electrons. The minimum absolute atomic E-state index is 0.243. The van der Waals surface area contributed by atoms with Crippen LogP contribution in [0.15, 0.2) is 36.5 Å². The number of hydrogen-bond acceptors (Lipinski definition) is 6. The maximum absolute atomic E-state index is 13.0. The first-order valence-electron chi connectivity index (χ1n) is 10.7. The first kappa shape index (κ1) is 21.8. The van der Waals surface area contributed by atoms with E-state index < -0.39 is 11.7 Å². The average Bonchev–Trinajstić information content (AvgIpc) is 2.79. The molecule has 0 spiro atoms. The SMILES string of the molecule is CN(c1ccnc(N2CCOCC2)n1)C1CCCN(Cc2cccc(C(F)(F)F)c2)C1. The highest BCUT2D eigenvalue weighted by Crippen LogP contribution is 2.30. The zero-order valence-corrected chi connectivity index (χ0v) is 17.7. The van der Waals surface area contributed by atoms with Crippen LogP contribution in [0.25, 0.3) is 0 Å². The Kier molecular flexibility index (Phi) is 6.62. The molecule has 2 aliphatic heterocycles. The standard InChI is InChI=1S/C22H28F3N5O/c1-28(20-7-8-26-21(27-20)30-10-12-31-13-11-30)19-6-3-9-29(16-19)15-17-4-2-5-18(14-17)22(23,24)25/h2,4-5,7-8,14,19H,3,6,9-13,15-16H2,1H3. The summed E-state index contributed by atoms with van der Waals surface area (Å²) in [5.41, 5.74) is 0.0991. The number of benzene rings is 1. The Bertz CT molecular complexity index is 872. The molecule has 0 N–H and O–H groups in total. The normalized spacial score (nSPS) is 20.6. The molecule has 31 heavy (non-hydrogen) atoms. The Labute approximate surface area is 180 Å². The largest absolute Gasteiger partial charge is 0.416 e. The van der Waals surface area contributed by atoms with Crippen LogP contribution in [-0.4, -0.2) is 67.4 Å². The summed E-state index contributed by atoms with van der Waals surface area (Å²) in [6, 6.07) is 7.79. The second-order valence-corrected chi connectivity index (χ2v) is 8.15. The van der Waals surface area contributed by atoms with Gasteiger partial charge in [-0.1, -0.05) is 18.2 Å². The molecule has 6 nitrogen and oxygen atoms in total. The lowest BCUT2D eigenvalue weighted by molar-refractivity contribution is -0.137. The number of halogens is 3. The summed E-state index contributed by atoms with van der Waals surface area (Å²) >= 11 is 0. The number of likely N-dealkylation sites (tertiary alicyclic amines) is 1. The topological polar surface area (TPSA) is 44.7 Å². The van der Waals surface area contributed by atoms with Gasteiger partial charge in [-0.3, -0.25) is 4.90 Å². The highest BCUT2D eigenvalue weighted by atomic mass is 19.4. The van der Waals surface area contributed by atoms with Gasteiger partial charge in [-0.25, -0.2) is 4.98 Å². The quantitative estimate of drug-likeness (QED) is 0.717. The number of morpholine rings is 1. The van der Waals surface area contributed by atoms with Crippen molar-refractivity contribution in [2.75, 3.05) is 56.2 Å². The van der Waals surface area contributed by atoms with E-state index in [0.29, 0.717) is 31.3 Å². The van der Waals surface area contributed by atoms with Gasteiger partial charge >= 0.3 is 6.18 Å². The third kappa shape index (κ3) is 5.46. The smallest absolute Gasteiger partial charge is 0.378 e. The molecule has 1 atom stereocenters. The number of aromatic nitrogens is 2. The van der Waals surface area contributed by atoms with Crippen molar-refractivity contribution in [3.05, 3.63) is 47.7 Å². The molecule has 2 aromatic rings. The van der Waals surface area contributed by atoms with Crippen molar-refractivity contribution in [1.29, 1.82) is 0 Å².